The van der Waals surface area contributed by atoms with Crippen molar-refractivity contribution < 1.29 is 34.2 Å². The van der Waals surface area contributed by atoms with Crippen molar-refractivity contribution in [3.05, 3.63) is 12.2 Å². The molecular formula is C35H65NO6. The van der Waals surface area contributed by atoms with Gasteiger partial charge in [0.05, 0.1) is 12.5 Å². The second-order valence-corrected chi connectivity index (χ2v) is 12.3. The molecule has 0 aromatic heterocycles. The molecule has 7 nitrogen and oxygen atoms in total. The van der Waals surface area contributed by atoms with Gasteiger partial charge in [0.2, 0.25) is 0 Å². The van der Waals surface area contributed by atoms with Crippen LogP contribution >= 0.6 is 0 Å². The van der Waals surface area contributed by atoms with Crippen molar-refractivity contribution in [3.63, 3.8) is 0 Å². The molecule has 0 spiro atoms. The Kier molecular flexibility index (Phi) is 24.4. The maximum atomic E-state index is 12.5. The fourth-order valence-electron chi connectivity index (χ4n) is 6.56. The van der Waals surface area contributed by atoms with E-state index < -0.39 is 40.5 Å². The van der Waals surface area contributed by atoms with Gasteiger partial charge in [-0.15, -0.1) is 0 Å². The van der Waals surface area contributed by atoms with E-state index in [1.54, 1.807) is 0 Å². The van der Waals surface area contributed by atoms with Crippen LogP contribution in [0, 0.1) is 0 Å². The molecule has 0 radical (unpaired) electrons. The number of carbonyl (C=O) groups excluding carboxylic acids is 1. The second kappa shape index (κ2) is 25.6. The Morgan fingerprint density at radius 2 is 0.905 bits per heavy atom. The highest BCUT2D eigenvalue weighted by atomic mass is 16.4. The summed E-state index contributed by atoms with van der Waals surface area (Å²) in [6.45, 7) is 7.85. The Balaban J connectivity index is 5.00. The van der Waals surface area contributed by atoms with Gasteiger partial charge < -0.3 is 20.1 Å². The molecule has 0 bridgehead atoms. The zero-order chi connectivity index (χ0) is 31.6. The highest BCUT2D eigenvalue weighted by Gasteiger charge is 2.54. The Morgan fingerprint density at radius 1 is 0.548 bits per heavy atom. The maximum absolute atomic E-state index is 12.5. The largest absolute Gasteiger partial charge is 0.544 e. The monoisotopic (exact) mass is 595 g/mol. The van der Waals surface area contributed by atoms with E-state index in [-0.39, 0.29) is 25.8 Å². The van der Waals surface area contributed by atoms with Crippen LogP contribution in [0.4, 0.5) is 0 Å². The quantitative estimate of drug-likeness (QED) is 0.0493. The van der Waals surface area contributed by atoms with Crippen LogP contribution in [0.3, 0.4) is 0 Å². The van der Waals surface area contributed by atoms with Gasteiger partial charge in [-0.1, -0.05) is 130 Å². The number of carbonyl (C=O) groups is 3. The zero-order valence-corrected chi connectivity index (χ0v) is 27.6. The Labute approximate surface area is 257 Å². The summed E-state index contributed by atoms with van der Waals surface area (Å²) in [7, 11) is 0. The predicted molar refractivity (Wildman–Crippen MR) is 170 cm³/mol. The van der Waals surface area contributed by atoms with E-state index in [2.05, 4.69) is 6.92 Å². The lowest BCUT2D eigenvalue weighted by Crippen LogP contribution is -2.73. The van der Waals surface area contributed by atoms with Crippen LogP contribution in [0.1, 0.15) is 169 Å². The van der Waals surface area contributed by atoms with Crippen molar-refractivity contribution in [2.24, 2.45) is 0 Å². The average molecular weight is 596 g/mol. The summed E-state index contributed by atoms with van der Waals surface area (Å²) in [5, 5.41) is 32.9. The first-order chi connectivity index (χ1) is 20.2. The third-order valence-corrected chi connectivity index (χ3v) is 8.83. The Morgan fingerprint density at radius 3 is 1.24 bits per heavy atom. The SMILES string of the molecule is CCCCCCCCCCCCCCCCC/C=C/C[N+](C(CCC)C(=O)[O-])(C(CCC)C(=O)O)C(CCC)C(=O)O. The highest BCUT2D eigenvalue weighted by molar-refractivity contribution is 5.77. The Bertz CT molecular complexity index is 677. The third-order valence-electron chi connectivity index (χ3n) is 8.83. The van der Waals surface area contributed by atoms with Crippen LogP contribution in [-0.4, -0.2) is 57.3 Å². The number of aliphatic carboxylic acids is 3. The van der Waals surface area contributed by atoms with Crippen molar-refractivity contribution in [1.82, 2.24) is 0 Å². The van der Waals surface area contributed by atoms with Crippen molar-refractivity contribution in [2.75, 3.05) is 6.54 Å². The standard InChI is InChI=1S/C35H65NO6/c1-5-9-10-11-12-13-14-15-16-17-18-19-20-21-22-23-24-25-29-36(30(26-6-2)33(37)38,31(27-7-3)34(39)40)32(28-8-4)35(41)42/h24-25,30-32H,5-23,26-29H2,1-4H3,(H2-,37,38,39,40,41,42)/b25-24+. The minimum absolute atomic E-state index is 0.0608. The molecule has 0 rings (SSSR count). The van der Waals surface area contributed by atoms with Crippen LogP contribution in [0.5, 0.6) is 0 Å². The van der Waals surface area contributed by atoms with Gasteiger partial charge in [-0.25, -0.2) is 9.59 Å². The van der Waals surface area contributed by atoms with Gasteiger partial charge in [0.25, 0.3) is 0 Å². The smallest absolute Gasteiger partial charge is 0.362 e. The molecule has 0 saturated carbocycles. The number of allylic oxidation sites excluding steroid dienone is 1. The predicted octanol–water partition coefficient (Wildman–Crippen LogP) is 8.05. The number of quaternary nitrogens is 1. The van der Waals surface area contributed by atoms with E-state index in [0.29, 0.717) is 19.3 Å². The summed E-state index contributed by atoms with van der Waals surface area (Å²) in [5.41, 5.74) is 0. The molecule has 0 aromatic rings. The van der Waals surface area contributed by atoms with Crippen molar-refractivity contribution >= 4 is 17.9 Å². The molecule has 0 heterocycles. The van der Waals surface area contributed by atoms with E-state index >= 15 is 0 Å². The van der Waals surface area contributed by atoms with E-state index in [9.17, 15) is 29.7 Å². The van der Waals surface area contributed by atoms with E-state index in [1.165, 1.54) is 83.5 Å². The number of rotatable bonds is 30. The number of hydrogen-bond donors (Lipinski definition) is 2. The molecule has 0 aromatic carbocycles. The van der Waals surface area contributed by atoms with E-state index in [1.807, 2.05) is 32.9 Å². The van der Waals surface area contributed by atoms with E-state index in [4.69, 9.17) is 0 Å². The van der Waals surface area contributed by atoms with Gasteiger partial charge in [-0.3, -0.25) is 4.48 Å². The molecule has 0 fully saturated rings. The number of hydrogen-bond acceptors (Lipinski definition) is 4. The molecule has 3 atom stereocenters. The number of nitrogens with zero attached hydrogens (tertiary/aromatic N) is 1. The van der Waals surface area contributed by atoms with Gasteiger partial charge in [0.15, 0.2) is 12.1 Å². The lowest BCUT2D eigenvalue weighted by atomic mass is 9.92. The zero-order valence-electron chi connectivity index (χ0n) is 27.6. The summed E-state index contributed by atoms with van der Waals surface area (Å²) in [6.07, 6.45) is 26.3. The van der Waals surface area contributed by atoms with Crippen LogP contribution in [-0.2, 0) is 14.4 Å². The van der Waals surface area contributed by atoms with Crippen LogP contribution in [0.15, 0.2) is 12.2 Å². The van der Waals surface area contributed by atoms with Crippen LogP contribution in [0.2, 0.25) is 0 Å². The number of carboxylic acids is 3. The maximum Gasteiger partial charge on any atom is 0.362 e. The summed E-state index contributed by atoms with van der Waals surface area (Å²) in [6, 6.07) is -3.47. The molecule has 0 saturated heterocycles. The third kappa shape index (κ3) is 15.5. The number of carboxylic acid groups (broad SMARTS) is 3. The highest BCUT2D eigenvalue weighted by Crippen LogP contribution is 2.33. The van der Waals surface area contributed by atoms with Crippen molar-refractivity contribution in [2.45, 2.75) is 187 Å². The van der Waals surface area contributed by atoms with Gasteiger partial charge >= 0.3 is 11.9 Å². The lowest BCUT2D eigenvalue weighted by Gasteiger charge is -2.51. The fraction of sp³-hybridized carbons (Fsp3) is 0.857. The topological polar surface area (TPSA) is 115 Å². The molecule has 3 unspecified atom stereocenters. The van der Waals surface area contributed by atoms with Crippen LogP contribution in [0.25, 0.3) is 0 Å². The fourth-order valence-corrected chi connectivity index (χ4v) is 6.56. The number of unbranched alkanes of at least 4 members (excludes halogenated alkanes) is 15. The molecule has 42 heavy (non-hydrogen) atoms. The second-order valence-electron chi connectivity index (χ2n) is 12.3. The van der Waals surface area contributed by atoms with E-state index in [0.717, 1.165) is 19.3 Å². The molecule has 0 aliphatic heterocycles. The summed E-state index contributed by atoms with van der Waals surface area (Å²) in [4.78, 5) is 37.5. The molecule has 7 heteroatoms. The average Bonchev–Trinajstić information content (AvgIpc) is 2.95. The minimum atomic E-state index is -1.36. The first kappa shape index (κ1) is 40.1. The van der Waals surface area contributed by atoms with Crippen molar-refractivity contribution in [3.8, 4) is 0 Å². The molecule has 0 aliphatic rings. The summed E-state index contributed by atoms with van der Waals surface area (Å²) >= 11 is 0. The summed E-state index contributed by atoms with van der Waals surface area (Å²) in [5.74, 6) is -3.65. The van der Waals surface area contributed by atoms with Gasteiger partial charge in [-0.2, -0.15) is 0 Å². The first-order valence-corrected chi connectivity index (χ1v) is 17.4. The normalized spacial score (nSPS) is 15.3. The molecule has 0 amide bonds. The van der Waals surface area contributed by atoms with Gasteiger partial charge in [0.1, 0.15) is 6.04 Å². The molecule has 0 aliphatic carbocycles. The van der Waals surface area contributed by atoms with Crippen molar-refractivity contribution in [1.29, 1.82) is 0 Å². The lowest BCUT2D eigenvalue weighted by molar-refractivity contribution is -0.970. The molecule has 2 N–H and O–H groups in total. The van der Waals surface area contributed by atoms with Gasteiger partial charge in [-0.05, 0) is 31.8 Å². The summed E-state index contributed by atoms with van der Waals surface area (Å²) < 4.78 is -0.516. The van der Waals surface area contributed by atoms with Gasteiger partial charge in [0, 0.05) is 19.3 Å². The molecular weight excluding hydrogens is 530 g/mol. The first-order valence-electron chi connectivity index (χ1n) is 17.4. The minimum Gasteiger partial charge on any atom is -0.544 e. The Hall–Kier alpha value is -1.89. The van der Waals surface area contributed by atoms with Crippen LogP contribution < -0.4 is 5.11 Å². The molecule has 246 valence electrons.